The third-order valence-electron chi connectivity index (χ3n) is 6.20. The van der Waals surface area contributed by atoms with E-state index in [0.29, 0.717) is 34.9 Å². The summed E-state index contributed by atoms with van der Waals surface area (Å²) in [5.41, 5.74) is 3.45. The van der Waals surface area contributed by atoms with E-state index < -0.39 is 11.8 Å². The number of hydrogen-bond acceptors (Lipinski definition) is 6. The zero-order valence-electron chi connectivity index (χ0n) is 18.6. The van der Waals surface area contributed by atoms with Crippen molar-refractivity contribution in [2.45, 2.75) is 19.5 Å². The first kappa shape index (κ1) is 21.2. The summed E-state index contributed by atoms with van der Waals surface area (Å²) in [5.74, 6) is -0.914. The van der Waals surface area contributed by atoms with Gasteiger partial charge in [0.25, 0.3) is 11.8 Å². The Kier molecular flexibility index (Phi) is 4.96. The minimum absolute atomic E-state index is 0.262. The molecular weight excluding hydrogens is 468 g/mol. The summed E-state index contributed by atoms with van der Waals surface area (Å²) in [6.07, 6.45) is 4.14. The van der Waals surface area contributed by atoms with Crippen LogP contribution in [0.2, 0.25) is 5.02 Å². The van der Waals surface area contributed by atoms with Crippen LogP contribution in [0.1, 0.15) is 17.7 Å². The van der Waals surface area contributed by atoms with Crippen LogP contribution in [0, 0.1) is 0 Å². The minimum Gasteiger partial charge on any atom is -0.350 e. The summed E-state index contributed by atoms with van der Waals surface area (Å²) in [6, 6.07) is 13.2. The summed E-state index contributed by atoms with van der Waals surface area (Å²) in [5, 5.41) is 20.6. The molecule has 0 fully saturated rings. The van der Waals surface area contributed by atoms with Gasteiger partial charge in [-0.1, -0.05) is 29.8 Å². The van der Waals surface area contributed by atoms with E-state index in [0.717, 1.165) is 28.2 Å². The molecule has 0 radical (unpaired) electrons. The lowest BCUT2D eigenvalue weighted by atomic mass is 9.97. The van der Waals surface area contributed by atoms with Crippen LogP contribution in [0.15, 0.2) is 55.0 Å². The third kappa shape index (κ3) is 3.50. The highest BCUT2D eigenvalue weighted by molar-refractivity contribution is 6.50. The first-order valence-corrected chi connectivity index (χ1v) is 11.4. The number of aromatic nitrogens is 7. The second-order valence-electron chi connectivity index (χ2n) is 8.36. The lowest BCUT2D eigenvalue weighted by molar-refractivity contribution is -0.122. The average Bonchev–Trinajstić information content (AvgIpc) is 3.60. The summed E-state index contributed by atoms with van der Waals surface area (Å²) >= 11 is 6.27. The van der Waals surface area contributed by atoms with E-state index in [-0.39, 0.29) is 5.57 Å². The molecule has 1 aliphatic rings. The number of fused-ring (bicyclic) bond motifs is 2. The van der Waals surface area contributed by atoms with Crippen molar-refractivity contribution in [1.82, 2.24) is 39.9 Å². The number of para-hydroxylation sites is 1. The van der Waals surface area contributed by atoms with E-state index in [2.05, 4.69) is 20.8 Å². The molecule has 1 aliphatic heterocycles. The van der Waals surface area contributed by atoms with E-state index in [1.54, 1.807) is 17.1 Å². The molecule has 0 spiro atoms. The fourth-order valence-corrected chi connectivity index (χ4v) is 4.82. The van der Waals surface area contributed by atoms with Crippen LogP contribution in [-0.2, 0) is 29.7 Å². The van der Waals surface area contributed by atoms with Gasteiger partial charge in [-0.25, -0.2) is 4.68 Å². The lowest BCUT2D eigenvalue weighted by Gasteiger charge is -2.03. The van der Waals surface area contributed by atoms with Gasteiger partial charge in [0.05, 0.1) is 16.7 Å². The highest BCUT2D eigenvalue weighted by Crippen LogP contribution is 2.38. The SMILES string of the molecule is Cn1cc(C2=C(c3nn(CCCn4cnnn4)c4ccccc34)C(=O)NC2=O)c2cc(Cl)ccc21. The smallest absolute Gasteiger partial charge is 0.261 e. The zero-order chi connectivity index (χ0) is 24.1. The van der Waals surface area contributed by atoms with Gasteiger partial charge in [0.15, 0.2) is 0 Å². The lowest BCUT2D eigenvalue weighted by Crippen LogP contribution is -2.22. The molecule has 0 atom stereocenters. The first-order valence-electron chi connectivity index (χ1n) is 11.0. The van der Waals surface area contributed by atoms with Crippen LogP contribution in [0.5, 0.6) is 0 Å². The van der Waals surface area contributed by atoms with Crippen molar-refractivity contribution < 1.29 is 9.59 Å². The van der Waals surface area contributed by atoms with Crippen molar-refractivity contribution in [2.24, 2.45) is 7.05 Å². The molecule has 6 rings (SSSR count). The Bertz CT molecular complexity index is 1660. The van der Waals surface area contributed by atoms with Crippen LogP contribution in [0.4, 0.5) is 0 Å². The van der Waals surface area contributed by atoms with Gasteiger partial charge >= 0.3 is 0 Å². The highest BCUT2D eigenvalue weighted by atomic mass is 35.5. The van der Waals surface area contributed by atoms with Gasteiger partial charge in [-0.3, -0.25) is 19.6 Å². The molecule has 2 amide bonds. The first-order chi connectivity index (χ1) is 17.0. The summed E-state index contributed by atoms with van der Waals surface area (Å²) in [6.45, 7) is 1.21. The Morgan fingerprint density at radius 2 is 1.80 bits per heavy atom. The largest absolute Gasteiger partial charge is 0.350 e. The van der Waals surface area contributed by atoms with Crippen molar-refractivity contribution in [3.05, 3.63) is 71.3 Å². The van der Waals surface area contributed by atoms with Crippen molar-refractivity contribution in [3.8, 4) is 0 Å². The number of hydrogen-bond donors (Lipinski definition) is 1. The number of imide groups is 1. The maximum atomic E-state index is 13.1. The Labute approximate surface area is 203 Å². The predicted octanol–water partition coefficient (Wildman–Crippen LogP) is 2.83. The topological polar surface area (TPSA) is 113 Å². The molecule has 174 valence electrons. The Balaban J connectivity index is 1.51. The van der Waals surface area contributed by atoms with Crippen molar-refractivity contribution in [1.29, 1.82) is 0 Å². The number of nitrogens with zero attached hydrogens (tertiary/aromatic N) is 7. The molecule has 5 aromatic rings. The van der Waals surface area contributed by atoms with E-state index in [9.17, 15) is 9.59 Å². The number of tetrazole rings is 1. The zero-order valence-corrected chi connectivity index (χ0v) is 19.4. The number of amides is 2. The third-order valence-corrected chi connectivity index (χ3v) is 6.43. The van der Waals surface area contributed by atoms with E-state index in [1.165, 1.54) is 0 Å². The number of carbonyl (C=O) groups excluding carboxylic acids is 2. The molecule has 0 saturated carbocycles. The van der Waals surface area contributed by atoms with Crippen LogP contribution in [-0.4, -0.2) is 46.4 Å². The Morgan fingerprint density at radius 1 is 0.971 bits per heavy atom. The number of rotatable bonds is 6. The van der Waals surface area contributed by atoms with Gasteiger partial charge in [0.2, 0.25) is 0 Å². The molecule has 11 heteroatoms. The van der Waals surface area contributed by atoms with Crippen LogP contribution in [0.25, 0.3) is 33.0 Å². The molecule has 0 aliphatic carbocycles. The monoisotopic (exact) mass is 486 g/mol. The van der Waals surface area contributed by atoms with Gasteiger partial charge < -0.3 is 4.57 Å². The molecule has 1 N–H and O–H groups in total. The van der Waals surface area contributed by atoms with Crippen molar-refractivity contribution in [3.63, 3.8) is 0 Å². The molecular formula is C24H19ClN8O2. The summed E-state index contributed by atoms with van der Waals surface area (Å²) in [4.78, 5) is 26.2. The number of carbonyl (C=O) groups is 2. The van der Waals surface area contributed by atoms with Crippen molar-refractivity contribution >= 4 is 56.4 Å². The molecule has 0 bridgehead atoms. The second-order valence-corrected chi connectivity index (χ2v) is 8.80. The number of benzene rings is 2. The standard InChI is InChI=1S/C24H19ClN8O2/c1-31-12-17(16-11-14(25)7-8-18(16)31)20-21(24(35)27-23(20)34)22-15-5-2-3-6-19(15)33(28-22)10-4-9-32-13-26-29-30-32/h2-3,5-8,11-13H,4,9-10H2,1H3,(H,27,34,35). The second kappa shape index (κ2) is 8.17. The Morgan fingerprint density at radius 3 is 2.63 bits per heavy atom. The molecule has 4 heterocycles. The van der Waals surface area contributed by atoms with E-state index >= 15 is 0 Å². The minimum atomic E-state index is -0.465. The number of nitrogens with one attached hydrogen (secondary N) is 1. The molecule has 0 unspecified atom stereocenters. The van der Waals surface area contributed by atoms with Gasteiger partial charge in [0.1, 0.15) is 12.0 Å². The molecule has 3 aromatic heterocycles. The predicted molar refractivity (Wildman–Crippen MR) is 130 cm³/mol. The molecule has 0 saturated heterocycles. The average molecular weight is 487 g/mol. The number of halogens is 1. The normalized spacial score (nSPS) is 14.0. The molecule has 10 nitrogen and oxygen atoms in total. The van der Waals surface area contributed by atoms with Crippen LogP contribution < -0.4 is 5.32 Å². The quantitative estimate of drug-likeness (QED) is 0.369. The maximum Gasteiger partial charge on any atom is 0.261 e. The van der Waals surface area contributed by atoms with E-state index in [4.69, 9.17) is 16.7 Å². The van der Waals surface area contributed by atoms with Gasteiger partial charge in [-0.15, -0.1) is 5.10 Å². The van der Waals surface area contributed by atoms with Crippen LogP contribution >= 0.6 is 11.6 Å². The van der Waals surface area contributed by atoms with Gasteiger partial charge in [0, 0.05) is 53.2 Å². The summed E-state index contributed by atoms with van der Waals surface area (Å²) < 4.78 is 5.43. The van der Waals surface area contributed by atoms with Crippen molar-refractivity contribution in [2.75, 3.05) is 0 Å². The molecule has 35 heavy (non-hydrogen) atoms. The highest BCUT2D eigenvalue weighted by Gasteiger charge is 2.36. The fraction of sp³-hybridized carbons (Fsp3) is 0.167. The van der Waals surface area contributed by atoms with E-state index in [1.807, 2.05) is 58.9 Å². The molecule has 2 aromatic carbocycles. The van der Waals surface area contributed by atoms with Crippen LogP contribution in [0.3, 0.4) is 0 Å². The van der Waals surface area contributed by atoms with Gasteiger partial charge in [-0.2, -0.15) is 5.10 Å². The summed E-state index contributed by atoms with van der Waals surface area (Å²) in [7, 11) is 1.89. The maximum absolute atomic E-state index is 13.1. The fourth-order valence-electron chi connectivity index (χ4n) is 4.65. The van der Waals surface area contributed by atoms with Gasteiger partial charge in [-0.05, 0) is 41.1 Å². The number of aryl methyl sites for hydroxylation is 3. The Hall–Kier alpha value is -4.31.